The van der Waals surface area contributed by atoms with Gasteiger partial charge >= 0.3 is 5.69 Å². The predicted molar refractivity (Wildman–Crippen MR) is 82.2 cm³/mol. The summed E-state index contributed by atoms with van der Waals surface area (Å²) in [7, 11) is 3.12. The first-order valence-corrected chi connectivity index (χ1v) is 6.63. The summed E-state index contributed by atoms with van der Waals surface area (Å²) in [6.45, 7) is 0. The van der Waals surface area contributed by atoms with Crippen molar-refractivity contribution in [3.05, 3.63) is 39.1 Å². The standard InChI is InChI=1S/C12H12BrN5O3/c1-14-11-10(18(19)20)12(16-6-15-11)17-7-3-4-9(21-2)8(13)5-7/h3-6H,1-2H3,(H2,14,15,16,17). The Morgan fingerprint density at radius 1 is 1.33 bits per heavy atom. The van der Waals surface area contributed by atoms with Crippen LogP contribution in [-0.2, 0) is 0 Å². The van der Waals surface area contributed by atoms with Gasteiger partial charge in [-0.1, -0.05) is 0 Å². The molecule has 21 heavy (non-hydrogen) atoms. The lowest BCUT2D eigenvalue weighted by Crippen LogP contribution is -2.05. The summed E-state index contributed by atoms with van der Waals surface area (Å²) in [5.74, 6) is 0.912. The minimum absolute atomic E-state index is 0.108. The molecule has 9 heteroatoms. The molecule has 0 saturated heterocycles. The lowest BCUT2D eigenvalue weighted by Gasteiger charge is -2.10. The Bertz CT molecular complexity index is 680. The number of nitro groups is 1. The topological polar surface area (TPSA) is 102 Å². The third-order valence-electron chi connectivity index (χ3n) is 2.66. The summed E-state index contributed by atoms with van der Waals surface area (Å²) in [4.78, 5) is 18.4. The lowest BCUT2D eigenvalue weighted by atomic mass is 10.3. The number of ether oxygens (including phenoxy) is 1. The first-order chi connectivity index (χ1) is 10.1. The van der Waals surface area contributed by atoms with E-state index >= 15 is 0 Å². The van der Waals surface area contributed by atoms with Crippen LogP contribution in [0, 0.1) is 10.1 Å². The average molecular weight is 354 g/mol. The van der Waals surface area contributed by atoms with E-state index in [1.165, 1.54) is 6.33 Å². The van der Waals surface area contributed by atoms with Gasteiger partial charge in [0.05, 0.1) is 16.5 Å². The SMILES string of the molecule is CNc1ncnc(Nc2ccc(OC)c(Br)c2)c1[N+](=O)[O-]. The Labute approximate surface area is 128 Å². The van der Waals surface area contributed by atoms with E-state index in [0.717, 1.165) is 4.47 Å². The maximum absolute atomic E-state index is 11.2. The Hall–Kier alpha value is -2.42. The van der Waals surface area contributed by atoms with Gasteiger partial charge in [0.2, 0.25) is 11.6 Å². The second-order valence-electron chi connectivity index (χ2n) is 3.90. The van der Waals surface area contributed by atoms with Crippen molar-refractivity contribution in [2.24, 2.45) is 0 Å². The van der Waals surface area contributed by atoms with Gasteiger partial charge < -0.3 is 15.4 Å². The molecule has 0 amide bonds. The molecule has 0 aliphatic rings. The number of rotatable bonds is 5. The summed E-state index contributed by atoms with van der Waals surface area (Å²) in [5, 5.41) is 16.7. The van der Waals surface area contributed by atoms with Crippen molar-refractivity contribution < 1.29 is 9.66 Å². The van der Waals surface area contributed by atoms with Crippen LogP contribution < -0.4 is 15.4 Å². The molecule has 0 spiro atoms. The highest BCUT2D eigenvalue weighted by Gasteiger charge is 2.22. The van der Waals surface area contributed by atoms with E-state index < -0.39 is 4.92 Å². The molecule has 0 aliphatic heterocycles. The average Bonchev–Trinajstić information content (AvgIpc) is 2.46. The van der Waals surface area contributed by atoms with E-state index in [2.05, 4.69) is 36.5 Å². The third-order valence-corrected chi connectivity index (χ3v) is 3.28. The van der Waals surface area contributed by atoms with Crippen LogP contribution in [0.4, 0.5) is 23.0 Å². The maximum atomic E-state index is 11.2. The van der Waals surface area contributed by atoms with E-state index in [4.69, 9.17) is 4.74 Å². The van der Waals surface area contributed by atoms with E-state index in [-0.39, 0.29) is 17.3 Å². The van der Waals surface area contributed by atoms with Crippen molar-refractivity contribution in [3.8, 4) is 5.75 Å². The fraction of sp³-hybridized carbons (Fsp3) is 0.167. The summed E-state index contributed by atoms with van der Waals surface area (Å²) < 4.78 is 5.85. The minimum Gasteiger partial charge on any atom is -0.496 e. The Balaban J connectivity index is 2.40. The molecular formula is C12H12BrN5O3. The van der Waals surface area contributed by atoms with Crippen molar-refractivity contribution in [3.63, 3.8) is 0 Å². The summed E-state index contributed by atoms with van der Waals surface area (Å²) in [5.41, 5.74) is 0.415. The van der Waals surface area contributed by atoms with Crippen LogP contribution in [0.2, 0.25) is 0 Å². The quantitative estimate of drug-likeness (QED) is 0.629. The molecule has 2 rings (SSSR count). The van der Waals surface area contributed by atoms with Crippen molar-refractivity contribution >= 4 is 38.9 Å². The van der Waals surface area contributed by atoms with Crippen LogP contribution in [0.25, 0.3) is 0 Å². The van der Waals surface area contributed by atoms with E-state index in [0.29, 0.717) is 11.4 Å². The van der Waals surface area contributed by atoms with Gasteiger partial charge in [-0.15, -0.1) is 0 Å². The molecule has 2 aromatic rings. The molecule has 110 valence electrons. The molecule has 0 atom stereocenters. The molecule has 0 saturated carbocycles. The highest BCUT2D eigenvalue weighted by atomic mass is 79.9. The molecule has 0 radical (unpaired) electrons. The van der Waals surface area contributed by atoms with E-state index in [1.54, 1.807) is 32.4 Å². The van der Waals surface area contributed by atoms with E-state index in [9.17, 15) is 10.1 Å². The third kappa shape index (κ3) is 3.19. The van der Waals surface area contributed by atoms with Gasteiger partial charge in [0.25, 0.3) is 0 Å². The number of aromatic nitrogens is 2. The van der Waals surface area contributed by atoms with Gasteiger partial charge in [0.1, 0.15) is 12.1 Å². The van der Waals surface area contributed by atoms with Crippen LogP contribution >= 0.6 is 15.9 Å². The number of hydrogen-bond acceptors (Lipinski definition) is 7. The Morgan fingerprint density at radius 2 is 2.05 bits per heavy atom. The van der Waals surface area contributed by atoms with Crippen LogP contribution in [0.3, 0.4) is 0 Å². The fourth-order valence-corrected chi connectivity index (χ4v) is 2.25. The van der Waals surface area contributed by atoms with Crippen molar-refractivity contribution in [2.45, 2.75) is 0 Å². The maximum Gasteiger partial charge on any atom is 0.353 e. The van der Waals surface area contributed by atoms with Gasteiger partial charge in [-0.3, -0.25) is 10.1 Å². The number of nitrogens with one attached hydrogen (secondary N) is 2. The van der Waals surface area contributed by atoms with Gasteiger partial charge in [-0.25, -0.2) is 9.97 Å². The molecule has 1 aromatic carbocycles. The normalized spacial score (nSPS) is 10.0. The molecular weight excluding hydrogens is 342 g/mol. The summed E-state index contributed by atoms with van der Waals surface area (Å²) in [6.07, 6.45) is 1.25. The monoisotopic (exact) mass is 353 g/mol. The number of benzene rings is 1. The number of hydrogen-bond donors (Lipinski definition) is 2. The fourth-order valence-electron chi connectivity index (χ4n) is 1.71. The van der Waals surface area contributed by atoms with Crippen molar-refractivity contribution in [1.29, 1.82) is 0 Å². The van der Waals surface area contributed by atoms with Crippen LogP contribution in [0.1, 0.15) is 0 Å². The number of anilines is 3. The largest absolute Gasteiger partial charge is 0.496 e. The van der Waals surface area contributed by atoms with Crippen LogP contribution in [0.15, 0.2) is 29.0 Å². The number of methoxy groups -OCH3 is 1. The smallest absolute Gasteiger partial charge is 0.353 e. The first-order valence-electron chi connectivity index (χ1n) is 5.84. The molecule has 0 unspecified atom stereocenters. The predicted octanol–water partition coefficient (Wildman–Crippen LogP) is 2.94. The summed E-state index contributed by atoms with van der Waals surface area (Å²) >= 11 is 3.35. The van der Waals surface area contributed by atoms with Crippen molar-refractivity contribution in [2.75, 3.05) is 24.8 Å². The number of halogens is 1. The lowest BCUT2D eigenvalue weighted by molar-refractivity contribution is -0.383. The molecule has 8 nitrogen and oxygen atoms in total. The highest BCUT2D eigenvalue weighted by Crippen LogP contribution is 2.33. The molecule has 0 fully saturated rings. The Morgan fingerprint density at radius 3 is 2.62 bits per heavy atom. The Kier molecular flexibility index (Phi) is 4.53. The second-order valence-corrected chi connectivity index (χ2v) is 4.76. The highest BCUT2D eigenvalue weighted by molar-refractivity contribution is 9.10. The summed E-state index contributed by atoms with van der Waals surface area (Å²) in [6, 6.07) is 5.20. The van der Waals surface area contributed by atoms with E-state index in [1.807, 2.05) is 0 Å². The zero-order valence-electron chi connectivity index (χ0n) is 11.3. The second kappa shape index (κ2) is 6.35. The molecule has 2 N–H and O–H groups in total. The van der Waals surface area contributed by atoms with Gasteiger partial charge in [0.15, 0.2) is 0 Å². The number of nitrogens with zero attached hydrogens (tertiary/aromatic N) is 3. The molecule has 1 aromatic heterocycles. The minimum atomic E-state index is -0.535. The van der Waals surface area contributed by atoms with Gasteiger partial charge in [-0.05, 0) is 34.1 Å². The van der Waals surface area contributed by atoms with Crippen molar-refractivity contribution in [1.82, 2.24) is 9.97 Å². The molecule has 0 bridgehead atoms. The van der Waals surface area contributed by atoms with Crippen LogP contribution in [0.5, 0.6) is 5.75 Å². The van der Waals surface area contributed by atoms with Crippen LogP contribution in [-0.4, -0.2) is 29.0 Å². The first kappa shape index (κ1) is 15.0. The zero-order chi connectivity index (χ0) is 15.4. The van der Waals surface area contributed by atoms with Gasteiger partial charge in [0, 0.05) is 12.7 Å². The molecule has 0 aliphatic carbocycles. The molecule has 1 heterocycles. The van der Waals surface area contributed by atoms with Gasteiger partial charge in [-0.2, -0.15) is 0 Å². The zero-order valence-corrected chi connectivity index (χ0v) is 12.8.